The normalized spacial score (nSPS) is 10.3. The standard InChI is InChI=1S/C10H7BrClNO2/c11-7-1-3-9(4-2-7)15-10-13-8(5-12)6-14-10/h1-4,6H,5H2. The number of rotatable bonds is 3. The first-order valence-corrected chi connectivity index (χ1v) is 5.54. The number of aromatic nitrogens is 1. The molecule has 0 saturated heterocycles. The van der Waals surface area contributed by atoms with Crippen molar-refractivity contribution in [1.29, 1.82) is 0 Å². The third kappa shape index (κ3) is 2.73. The maximum atomic E-state index is 5.58. The van der Waals surface area contributed by atoms with Crippen LogP contribution in [0.1, 0.15) is 5.69 Å². The smallest absolute Gasteiger partial charge is 0.399 e. The van der Waals surface area contributed by atoms with Gasteiger partial charge in [0.1, 0.15) is 12.0 Å². The largest absolute Gasteiger partial charge is 0.417 e. The van der Waals surface area contributed by atoms with Gasteiger partial charge in [-0.3, -0.25) is 0 Å². The van der Waals surface area contributed by atoms with Crippen LogP contribution in [0.2, 0.25) is 0 Å². The Labute approximate surface area is 100 Å². The number of nitrogens with zero attached hydrogens (tertiary/aromatic N) is 1. The Balaban J connectivity index is 2.11. The molecule has 0 aliphatic rings. The second-order valence-corrected chi connectivity index (χ2v) is 3.98. The van der Waals surface area contributed by atoms with E-state index in [1.54, 1.807) is 0 Å². The lowest BCUT2D eigenvalue weighted by atomic mass is 10.3. The Kier molecular flexibility index (Phi) is 3.28. The predicted octanol–water partition coefficient (Wildman–Crippen LogP) is 3.97. The van der Waals surface area contributed by atoms with Crippen molar-refractivity contribution in [3.05, 3.63) is 40.7 Å². The Morgan fingerprint density at radius 1 is 1.33 bits per heavy atom. The van der Waals surface area contributed by atoms with Crippen LogP contribution < -0.4 is 4.74 Å². The summed E-state index contributed by atoms with van der Waals surface area (Å²) in [6.45, 7) is 0. The molecule has 0 aliphatic heterocycles. The van der Waals surface area contributed by atoms with Crippen LogP contribution in [0.15, 0.2) is 39.4 Å². The van der Waals surface area contributed by atoms with Crippen molar-refractivity contribution in [2.24, 2.45) is 0 Å². The van der Waals surface area contributed by atoms with Crippen LogP contribution in [0.5, 0.6) is 11.8 Å². The van der Waals surface area contributed by atoms with Crippen LogP contribution in [0.25, 0.3) is 0 Å². The number of ether oxygens (including phenoxy) is 1. The molecule has 3 nitrogen and oxygen atoms in total. The summed E-state index contributed by atoms with van der Waals surface area (Å²) in [5, 5.41) is 0. The molecule has 0 aliphatic carbocycles. The van der Waals surface area contributed by atoms with Gasteiger partial charge < -0.3 is 9.15 Å². The Hall–Kier alpha value is -1.00. The van der Waals surface area contributed by atoms with Crippen LogP contribution >= 0.6 is 27.5 Å². The van der Waals surface area contributed by atoms with Gasteiger partial charge in [0, 0.05) is 4.47 Å². The van der Waals surface area contributed by atoms with E-state index in [0.29, 0.717) is 17.3 Å². The average molecular weight is 289 g/mol. The Morgan fingerprint density at radius 3 is 2.67 bits per heavy atom. The van der Waals surface area contributed by atoms with Crippen LogP contribution in [-0.2, 0) is 5.88 Å². The number of hydrogen-bond donors (Lipinski definition) is 0. The van der Waals surface area contributed by atoms with E-state index >= 15 is 0 Å². The van der Waals surface area contributed by atoms with E-state index in [2.05, 4.69) is 20.9 Å². The topological polar surface area (TPSA) is 35.3 Å². The minimum absolute atomic E-state index is 0.202. The van der Waals surface area contributed by atoms with Gasteiger partial charge in [-0.1, -0.05) is 15.9 Å². The first kappa shape index (κ1) is 10.5. The molecule has 0 unspecified atom stereocenters. The van der Waals surface area contributed by atoms with E-state index in [4.69, 9.17) is 20.8 Å². The maximum Gasteiger partial charge on any atom is 0.399 e. The molecule has 0 bridgehead atoms. The van der Waals surface area contributed by atoms with E-state index < -0.39 is 0 Å². The molecule has 0 fully saturated rings. The van der Waals surface area contributed by atoms with Crippen LogP contribution in [0.4, 0.5) is 0 Å². The number of oxazole rings is 1. The van der Waals surface area contributed by atoms with Crippen LogP contribution in [0.3, 0.4) is 0 Å². The lowest BCUT2D eigenvalue weighted by Gasteiger charge is -1.99. The predicted molar refractivity (Wildman–Crippen MR) is 60.3 cm³/mol. The van der Waals surface area contributed by atoms with Crippen molar-refractivity contribution < 1.29 is 9.15 Å². The molecule has 0 saturated carbocycles. The van der Waals surface area contributed by atoms with Crippen LogP contribution in [-0.4, -0.2) is 4.98 Å². The Morgan fingerprint density at radius 2 is 2.07 bits per heavy atom. The molecule has 2 rings (SSSR count). The lowest BCUT2D eigenvalue weighted by molar-refractivity contribution is 0.330. The van der Waals surface area contributed by atoms with Crippen molar-refractivity contribution >= 4 is 27.5 Å². The first-order valence-electron chi connectivity index (χ1n) is 4.22. The zero-order chi connectivity index (χ0) is 10.7. The van der Waals surface area contributed by atoms with E-state index in [1.165, 1.54) is 6.26 Å². The fourth-order valence-electron chi connectivity index (χ4n) is 1.00. The van der Waals surface area contributed by atoms with Crippen LogP contribution in [0, 0.1) is 0 Å². The van der Waals surface area contributed by atoms with Gasteiger partial charge in [-0.2, -0.15) is 4.98 Å². The SMILES string of the molecule is ClCc1coc(Oc2ccc(Br)cc2)n1. The Bertz CT molecular complexity index is 441. The lowest BCUT2D eigenvalue weighted by Crippen LogP contribution is -1.84. The molecule has 0 amide bonds. The van der Waals surface area contributed by atoms with Crippen molar-refractivity contribution in [2.45, 2.75) is 5.88 Å². The van der Waals surface area contributed by atoms with E-state index in [1.807, 2.05) is 24.3 Å². The van der Waals surface area contributed by atoms with Gasteiger partial charge in [0.15, 0.2) is 0 Å². The molecule has 1 aromatic heterocycles. The van der Waals surface area contributed by atoms with Gasteiger partial charge in [-0.15, -0.1) is 11.6 Å². The number of halogens is 2. The van der Waals surface area contributed by atoms with E-state index in [0.717, 1.165) is 4.47 Å². The highest BCUT2D eigenvalue weighted by molar-refractivity contribution is 9.10. The van der Waals surface area contributed by atoms with E-state index in [9.17, 15) is 0 Å². The summed E-state index contributed by atoms with van der Waals surface area (Å²) in [5.74, 6) is 0.980. The second kappa shape index (κ2) is 4.68. The maximum absolute atomic E-state index is 5.58. The number of benzene rings is 1. The van der Waals surface area contributed by atoms with E-state index in [-0.39, 0.29) is 6.08 Å². The summed E-state index contributed by atoms with van der Waals surface area (Å²) in [5.41, 5.74) is 0.656. The van der Waals surface area contributed by atoms with Crippen molar-refractivity contribution in [1.82, 2.24) is 4.98 Å². The summed E-state index contributed by atoms with van der Waals surface area (Å²) < 4.78 is 11.4. The van der Waals surface area contributed by atoms with Crippen molar-refractivity contribution in [3.63, 3.8) is 0 Å². The highest BCUT2D eigenvalue weighted by Gasteiger charge is 2.04. The first-order chi connectivity index (χ1) is 7.28. The summed E-state index contributed by atoms with van der Waals surface area (Å²) in [6.07, 6.45) is 1.68. The quantitative estimate of drug-likeness (QED) is 0.802. The van der Waals surface area contributed by atoms with Gasteiger partial charge in [-0.25, -0.2) is 0 Å². The molecule has 15 heavy (non-hydrogen) atoms. The molecule has 78 valence electrons. The summed E-state index contributed by atoms with van der Waals surface area (Å²) in [6, 6.07) is 7.38. The minimum Gasteiger partial charge on any atom is -0.417 e. The van der Waals surface area contributed by atoms with Crippen molar-refractivity contribution in [2.75, 3.05) is 0 Å². The summed E-state index contributed by atoms with van der Waals surface area (Å²) in [4.78, 5) is 4.01. The molecule has 1 heterocycles. The summed E-state index contributed by atoms with van der Waals surface area (Å²) in [7, 11) is 0. The molecule has 2 aromatic rings. The number of alkyl halides is 1. The molecule has 1 aromatic carbocycles. The monoisotopic (exact) mass is 287 g/mol. The number of hydrogen-bond acceptors (Lipinski definition) is 3. The van der Waals surface area contributed by atoms with Crippen molar-refractivity contribution in [3.8, 4) is 11.8 Å². The van der Waals surface area contributed by atoms with Gasteiger partial charge in [0.2, 0.25) is 0 Å². The molecular weight excluding hydrogens is 281 g/mol. The average Bonchev–Trinajstić information content (AvgIpc) is 2.69. The molecule has 0 radical (unpaired) electrons. The van der Waals surface area contributed by atoms with Gasteiger partial charge in [0.05, 0.1) is 11.6 Å². The third-order valence-corrected chi connectivity index (χ3v) is 2.49. The highest BCUT2D eigenvalue weighted by Crippen LogP contribution is 2.22. The van der Waals surface area contributed by atoms with Gasteiger partial charge in [-0.05, 0) is 24.3 Å². The third-order valence-electron chi connectivity index (χ3n) is 1.69. The molecule has 0 spiro atoms. The zero-order valence-electron chi connectivity index (χ0n) is 7.61. The highest BCUT2D eigenvalue weighted by atomic mass is 79.9. The fourth-order valence-corrected chi connectivity index (χ4v) is 1.39. The van der Waals surface area contributed by atoms with Gasteiger partial charge >= 0.3 is 6.08 Å². The minimum atomic E-state index is 0.202. The summed E-state index contributed by atoms with van der Waals surface area (Å²) >= 11 is 8.91. The molecular formula is C10H7BrClNO2. The van der Waals surface area contributed by atoms with Gasteiger partial charge in [0.25, 0.3) is 0 Å². The second-order valence-electron chi connectivity index (χ2n) is 2.79. The molecule has 5 heteroatoms. The zero-order valence-corrected chi connectivity index (χ0v) is 9.96. The fraction of sp³-hybridized carbons (Fsp3) is 0.100. The molecule has 0 atom stereocenters. The molecule has 0 N–H and O–H groups in total.